The summed E-state index contributed by atoms with van der Waals surface area (Å²) < 4.78 is 12.9. The highest BCUT2D eigenvalue weighted by atomic mass is 19.1. The summed E-state index contributed by atoms with van der Waals surface area (Å²) in [5, 5.41) is 7.98. The summed E-state index contributed by atoms with van der Waals surface area (Å²) in [4.78, 5) is 38.0. The number of hydrogen-bond donors (Lipinski definition) is 3. The van der Waals surface area contributed by atoms with Gasteiger partial charge in [-0.25, -0.2) is 9.18 Å². The second kappa shape index (κ2) is 9.87. The molecule has 0 saturated carbocycles. The van der Waals surface area contributed by atoms with Crippen molar-refractivity contribution in [3.63, 3.8) is 0 Å². The molecule has 0 bridgehead atoms. The smallest absolute Gasteiger partial charge is 0.321 e. The average molecular weight is 412 g/mol. The number of halogens is 1. The zero-order chi connectivity index (χ0) is 21.5. The first-order valence-electron chi connectivity index (χ1n) is 9.88. The highest BCUT2D eigenvalue weighted by Gasteiger charge is 2.24. The molecular weight excluding hydrogens is 387 g/mol. The Balaban J connectivity index is 1.38. The number of hydrogen-bond acceptors (Lipinski definition) is 3. The molecule has 3 rings (SSSR count). The molecule has 1 fully saturated rings. The van der Waals surface area contributed by atoms with Crippen LogP contribution in [0.15, 0.2) is 48.5 Å². The van der Waals surface area contributed by atoms with Gasteiger partial charge in [0.1, 0.15) is 5.82 Å². The standard InChI is InChI=1S/C22H25FN4O3/c1-15-2-6-18(7-3-15)25-21(29)20(28)24-14-16-10-12-27(13-11-16)22(30)26-19-8-4-17(23)5-9-19/h2-9,16H,10-14H2,1H3,(H,24,28)(H,25,29)(H,26,30). The predicted molar refractivity (Wildman–Crippen MR) is 113 cm³/mol. The van der Waals surface area contributed by atoms with E-state index in [0.29, 0.717) is 31.0 Å². The Kier molecular flexibility index (Phi) is 7.00. The maximum absolute atomic E-state index is 12.9. The molecule has 1 aliphatic rings. The minimum atomic E-state index is -0.699. The summed E-state index contributed by atoms with van der Waals surface area (Å²) >= 11 is 0. The fourth-order valence-corrected chi connectivity index (χ4v) is 3.22. The number of aryl methyl sites for hydroxylation is 1. The van der Waals surface area contributed by atoms with Gasteiger partial charge in [-0.15, -0.1) is 0 Å². The highest BCUT2D eigenvalue weighted by molar-refractivity contribution is 6.39. The SMILES string of the molecule is Cc1ccc(NC(=O)C(=O)NCC2CCN(C(=O)Nc3ccc(F)cc3)CC2)cc1. The summed E-state index contributed by atoms with van der Waals surface area (Å²) in [6.45, 7) is 3.41. The van der Waals surface area contributed by atoms with Crippen molar-refractivity contribution in [1.82, 2.24) is 10.2 Å². The molecule has 30 heavy (non-hydrogen) atoms. The number of carbonyl (C=O) groups is 3. The predicted octanol–water partition coefficient (Wildman–Crippen LogP) is 3.13. The van der Waals surface area contributed by atoms with E-state index < -0.39 is 11.8 Å². The van der Waals surface area contributed by atoms with Gasteiger partial charge in [-0.05, 0) is 62.1 Å². The van der Waals surface area contributed by atoms with Crippen molar-refractivity contribution >= 4 is 29.2 Å². The molecule has 0 spiro atoms. The third-order valence-electron chi connectivity index (χ3n) is 5.06. The molecule has 1 saturated heterocycles. The topological polar surface area (TPSA) is 90.5 Å². The normalized spacial score (nSPS) is 14.1. The van der Waals surface area contributed by atoms with Crippen LogP contribution in [0.3, 0.4) is 0 Å². The largest absolute Gasteiger partial charge is 0.348 e. The van der Waals surface area contributed by atoms with Crippen LogP contribution in [0, 0.1) is 18.7 Å². The van der Waals surface area contributed by atoms with Crippen LogP contribution in [0.2, 0.25) is 0 Å². The van der Waals surface area contributed by atoms with Crippen molar-refractivity contribution in [2.24, 2.45) is 5.92 Å². The lowest BCUT2D eigenvalue weighted by atomic mass is 9.97. The molecule has 3 N–H and O–H groups in total. The van der Waals surface area contributed by atoms with Gasteiger partial charge in [-0.3, -0.25) is 9.59 Å². The van der Waals surface area contributed by atoms with Gasteiger partial charge in [0.05, 0.1) is 0 Å². The number of urea groups is 1. The second-order valence-corrected chi connectivity index (χ2v) is 7.40. The van der Waals surface area contributed by atoms with Gasteiger partial charge in [0.25, 0.3) is 0 Å². The Morgan fingerprint density at radius 3 is 2.10 bits per heavy atom. The summed E-state index contributed by atoms with van der Waals surface area (Å²) in [5.41, 5.74) is 2.17. The second-order valence-electron chi connectivity index (χ2n) is 7.40. The van der Waals surface area contributed by atoms with Crippen LogP contribution in [0.1, 0.15) is 18.4 Å². The summed E-state index contributed by atoms with van der Waals surface area (Å²) in [6.07, 6.45) is 1.44. The minimum Gasteiger partial charge on any atom is -0.348 e. The number of nitrogens with zero attached hydrogens (tertiary/aromatic N) is 1. The first-order valence-corrected chi connectivity index (χ1v) is 9.88. The number of nitrogens with one attached hydrogen (secondary N) is 3. The van der Waals surface area contributed by atoms with E-state index in [-0.39, 0.29) is 17.8 Å². The average Bonchev–Trinajstić information content (AvgIpc) is 2.75. The minimum absolute atomic E-state index is 0.191. The zero-order valence-electron chi connectivity index (χ0n) is 16.8. The molecule has 1 heterocycles. The maximum atomic E-state index is 12.9. The first-order chi connectivity index (χ1) is 14.4. The number of amides is 4. The third kappa shape index (κ3) is 6.04. The molecule has 0 aromatic heterocycles. The van der Waals surface area contributed by atoms with Crippen LogP contribution >= 0.6 is 0 Å². The third-order valence-corrected chi connectivity index (χ3v) is 5.06. The number of benzene rings is 2. The van der Waals surface area contributed by atoms with Gasteiger partial charge in [0, 0.05) is 31.0 Å². The molecule has 1 aliphatic heterocycles. The molecule has 2 aromatic carbocycles. The van der Waals surface area contributed by atoms with E-state index in [1.54, 1.807) is 17.0 Å². The van der Waals surface area contributed by atoms with Crippen LogP contribution in [0.4, 0.5) is 20.6 Å². The molecule has 0 atom stereocenters. The molecule has 4 amide bonds. The molecule has 0 radical (unpaired) electrons. The number of likely N-dealkylation sites (tertiary alicyclic amines) is 1. The lowest BCUT2D eigenvalue weighted by Crippen LogP contribution is -2.44. The molecule has 0 aliphatic carbocycles. The molecule has 2 aromatic rings. The van der Waals surface area contributed by atoms with E-state index >= 15 is 0 Å². The van der Waals surface area contributed by atoms with Crippen LogP contribution in [0.5, 0.6) is 0 Å². The fourth-order valence-electron chi connectivity index (χ4n) is 3.22. The van der Waals surface area contributed by atoms with Gasteiger partial charge < -0.3 is 20.9 Å². The summed E-state index contributed by atoms with van der Waals surface area (Å²) in [6, 6.07) is 12.6. The lowest BCUT2D eigenvalue weighted by molar-refractivity contribution is -0.136. The van der Waals surface area contributed by atoms with E-state index in [9.17, 15) is 18.8 Å². The van der Waals surface area contributed by atoms with Crippen molar-refractivity contribution in [3.8, 4) is 0 Å². The number of piperidine rings is 1. The van der Waals surface area contributed by atoms with E-state index in [1.165, 1.54) is 24.3 Å². The van der Waals surface area contributed by atoms with Crippen molar-refractivity contribution in [2.75, 3.05) is 30.3 Å². The van der Waals surface area contributed by atoms with Gasteiger partial charge in [-0.1, -0.05) is 17.7 Å². The van der Waals surface area contributed by atoms with E-state index in [1.807, 2.05) is 19.1 Å². The molecular formula is C22H25FN4O3. The Morgan fingerprint density at radius 1 is 0.900 bits per heavy atom. The monoisotopic (exact) mass is 412 g/mol. The van der Waals surface area contributed by atoms with Gasteiger partial charge in [0.2, 0.25) is 0 Å². The van der Waals surface area contributed by atoms with E-state index in [0.717, 1.165) is 18.4 Å². The van der Waals surface area contributed by atoms with Crippen LogP contribution in [-0.2, 0) is 9.59 Å². The zero-order valence-corrected chi connectivity index (χ0v) is 16.8. The highest BCUT2D eigenvalue weighted by Crippen LogP contribution is 2.18. The summed E-state index contributed by atoms with van der Waals surface area (Å²) in [5.74, 6) is -1.54. The van der Waals surface area contributed by atoms with Crippen molar-refractivity contribution < 1.29 is 18.8 Å². The van der Waals surface area contributed by atoms with Crippen molar-refractivity contribution in [1.29, 1.82) is 0 Å². The fraction of sp³-hybridized carbons (Fsp3) is 0.318. The van der Waals surface area contributed by atoms with Crippen LogP contribution in [0.25, 0.3) is 0 Å². The van der Waals surface area contributed by atoms with Crippen molar-refractivity contribution in [3.05, 3.63) is 59.9 Å². The number of anilines is 2. The Morgan fingerprint density at radius 2 is 1.47 bits per heavy atom. The molecule has 7 nitrogen and oxygen atoms in total. The Hall–Kier alpha value is -3.42. The number of rotatable bonds is 4. The van der Waals surface area contributed by atoms with Crippen LogP contribution < -0.4 is 16.0 Å². The summed E-state index contributed by atoms with van der Waals surface area (Å²) in [7, 11) is 0. The van der Waals surface area contributed by atoms with Crippen LogP contribution in [-0.4, -0.2) is 42.4 Å². The lowest BCUT2D eigenvalue weighted by Gasteiger charge is -2.32. The molecule has 8 heteroatoms. The first kappa shape index (κ1) is 21.3. The van der Waals surface area contributed by atoms with E-state index in [2.05, 4.69) is 16.0 Å². The van der Waals surface area contributed by atoms with Gasteiger partial charge in [0.15, 0.2) is 0 Å². The van der Waals surface area contributed by atoms with Gasteiger partial charge >= 0.3 is 17.8 Å². The number of carbonyl (C=O) groups excluding carboxylic acids is 3. The molecule has 0 unspecified atom stereocenters. The van der Waals surface area contributed by atoms with Gasteiger partial charge in [-0.2, -0.15) is 0 Å². The molecule has 158 valence electrons. The Bertz CT molecular complexity index is 892. The maximum Gasteiger partial charge on any atom is 0.321 e. The van der Waals surface area contributed by atoms with E-state index in [4.69, 9.17) is 0 Å². The quantitative estimate of drug-likeness (QED) is 0.674. The Labute approximate surface area is 174 Å². The van der Waals surface area contributed by atoms with Crippen molar-refractivity contribution in [2.45, 2.75) is 19.8 Å².